The zero-order valence-electron chi connectivity index (χ0n) is 11.1. The number of ketones is 1. The van der Waals surface area contributed by atoms with Crippen LogP contribution in [0, 0.1) is 5.92 Å². The van der Waals surface area contributed by atoms with E-state index < -0.39 is 0 Å². The average Bonchev–Trinajstić information content (AvgIpc) is 3.23. The summed E-state index contributed by atoms with van der Waals surface area (Å²) in [5, 5.41) is 0. The van der Waals surface area contributed by atoms with Crippen molar-refractivity contribution in [2.75, 3.05) is 0 Å². The normalized spacial score (nSPS) is 15.0. The van der Waals surface area contributed by atoms with Crippen LogP contribution in [0.2, 0.25) is 0 Å². The molecule has 4 heteroatoms. The van der Waals surface area contributed by atoms with E-state index in [0.717, 1.165) is 30.3 Å². The molecule has 1 aromatic carbocycles. The maximum Gasteiger partial charge on any atom is 0.329 e. The van der Waals surface area contributed by atoms with Gasteiger partial charge in [0, 0.05) is 12.5 Å². The summed E-state index contributed by atoms with van der Waals surface area (Å²) >= 11 is 0. The molecule has 0 atom stereocenters. The highest BCUT2D eigenvalue weighted by Crippen LogP contribution is 2.30. The zero-order chi connectivity index (χ0) is 13.4. The summed E-state index contributed by atoms with van der Waals surface area (Å²) in [5.74, 6) is 0.390. The fraction of sp³-hybridized carbons (Fsp3) is 0.467. The standard InChI is InChI=1S/C15H18N2O2/c1-2-9-16-12-5-3-4-6-13(12)17(15(16)19)10-14(18)11-7-8-11/h3-6,11H,2,7-10H2,1H3. The minimum Gasteiger partial charge on any atom is -0.297 e. The van der Waals surface area contributed by atoms with Gasteiger partial charge >= 0.3 is 5.69 Å². The second-order valence-corrected chi connectivity index (χ2v) is 5.25. The van der Waals surface area contributed by atoms with Crippen LogP contribution in [-0.4, -0.2) is 14.9 Å². The Morgan fingerprint density at radius 2 is 1.84 bits per heavy atom. The molecule has 0 spiro atoms. The van der Waals surface area contributed by atoms with E-state index in [-0.39, 0.29) is 23.9 Å². The van der Waals surface area contributed by atoms with E-state index in [0.29, 0.717) is 6.54 Å². The molecule has 0 bridgehead atoms. The number of rotatable bonds is 5. The van der Waals surface area contributed by atoms with E-state index >= 15 is 0 Å². The first-order chi connectivity index (χ1) is 9.22. The summed E-state index contributed by atoms with van der Waals surface area (Å²) in [4.78, 5) is 24.4. The number of Topliss-reactive ketones (excluding diaryl/α,β-unsaturated/α-hetero) is 1. The van der Waals surface area contributed by atoms with Gasteiger partial charge in [-0.15, -0.1) is 0 Å². The van der Waals surface area contributed by atoms with Gasteiger partial charge in [0.2, 0.25) is 0 Å². The van der Waals surface area contributed by atoms with Crippen LogP contribution < -0.4 is 5.69 Å². The molecule has 100 valence electrons. The van der Waals surface area contributed by atoms with Gasteiger partial charge in [0.1, 0.15) is 0 Å². The van der Waals surface area contributed by atoms with Gasteiger partial charge in [-0.2, -0.15) is 0 Å². The molecule has 0 saturated heterocycles. The molecular formula is C15H18N2O2. The highest BCUT2D eigenvalue weighted by molar-refractivity contribution is 5.85. The van der Waals surface area contributed by atoms with Crippen molar-refractivity contribution < 1.29 is 4.79 Å². The van der Waals surface area contributed by atoms with Crippen molar-refractivity contribution in [2.24, 2.45) is 5.92 Å². The van der Waals surface area contributed by atoms with E-state index in [2.05, 4.69) is 0 Å². The average molecular weight is 258 g/mol. The van der Waals surface area contributed by atoms with Gasteiger partial charge in [0.05, 0.1) is 17.6 Å². The van der Waals surface area contributed by atoms with Gasteiger partial charge in [-0.25, -0.2) is 4.79 Å². The Bertz CT molecular complexity index is 677. The van der Waals surface area contributed by atoms with Crippen LogP contribution in [0.3, 0.4) is 0 Å². The predicted octanol–water partition coefficient (Wildman–Crippen LogP) is 2.19. The number of hydrogen-bond acceptors (Lipinski definition) is 2. The van der Waals surface area contributed by atoms with Crippen LogP contribution in [0.5, 0.6) is 0 Å². The van der Waals surface area contributed by atoms with Crippen molar-refractivity contribution in [3.63, 3.8) is 0 Å². The lowest BCUT2D eigenvalue weighted by Crippen LogP contribution is -2.27. The van der Waals surface area contributed by atoms with E-state index in [1.807, 2.05) is 31.2 Å². The molecule has 1 aromatic heterocycles. The Labute approximate surface area is 111 Å². The third kappa shape index (κ3) is 2.11. The number of fused-ring (bicyclic) bond motifs is 1. The van der Waals surface area contributed by atoms with Crippen molar-refractivity contribution in [1.82, 2.24) is 9.13 Å². The van der Waals surface area contributed by atoms with E-state index in [1.54, 1.807) is 9.13 Å². The number of aromatic nitrogens is 2. The maximum absolute atomic E-state index is 12.4. The third-order valence-corrected chi connectivity index (χ3v) is 3.72. The number of imidazole rings is 1. The van der Waals surface area contributed by atoms with Crippen LogP contribution in [-0.2, 0) is 17.9 Å². The lowest BCUT2D eigenvalue weighted by molar-refractivity contribution is -0.120. The zero-order valence-corrected chi connectivity index (χ0v) is 11.1. The Kier molecular flexibility index (Phi) is 3.01. The molecule has 2 aromatic rings. The number of aryl methyl sites for hydroxylation is 1. The predicted molar refractivity (Wildman–Crippen MR) is 74.2 cm³/mol. The van der Waals surface area contributed by atoms with E-state index in [1.165, 1.54) is 0 Å². The maximum atomic E-state index is 12.4. The van der Waals surface area contributed by atoms with E-state index in [9.17, 15) is 9.59 Å². The summed E-state index contributed by atoms with van der Waals surface area (Å²) in [5.41, 5.74) is 1.74. The second-order valence-electron chi connectivity index (χ2n) is 5.25. The second kappa shape index (κ2) is 4.68. The van der Waals surface area contributed by atoms with Crippen LogP contribution in [0.15, 0.2) is 29.1 Å². The van der Waals surface area contributed by atoms with Gasteiger partial charge in [0.25, 0.3) is 0 Å². The number of carbonyl (C=O) groups excluding carboxylic acids is 1. The van der Waals surface area contributed by atoms with Crippen molar-refractivity contribution >= 4 is 16.8 Å². The minimum absolute atomic E-state index is 0.0583. The highest BCUT2D eigenvalue weighted by atomic mass is 16.2. The summed E-state index contributed by atoms with van der Waals surface area (Å²) in [6.07, 6.45) is 2.88. The summed E-state index contributed by atoms with van der Waals surface area (Å²) < 4.78 is 3.40. The Morgan fingerprint density at radius 1 is 1.21 bits per heavy atom. The molecule has 4 nitrogen and oxygen atoms in total. The molecule has 0 N–H and O–H groups in total. The Balaban J connectivity index is 2.09. The first-order valence-corrected chi connectivity index (χ1v) is 6.93. The summed E-state index contributed by atoms with van der Waals surface area (Å²) in [6, 6.07) is 7.71. The van der Waals surface area contributed by atoms with Crippen molar-refractivity contribution in [1.29, 1.82) is 0 Å². The molecule has 0 unspecified atom stereocenters. The largest absolute Gasteiger partial charge is 0.329 e. The van der Waals surface area contributed by atoms with Crippen LogP contribution in [0.25, 0.3) is 11.0 Å². The van der Waals surface area contributed by atoms with Crippen molar-refractivity contribution in [2.45, 2.75) is 39.3 Å². The van der Waals surface area contributed by atoms with Gasteiger partial charge in [0.15, 0.2) is 5.78 Å². The highest BCUT2D eigenvalue weighted by Gasteiger charge is 2.30. The Morgan fingerprint density at radius 3 is 2.42 bits per heavy atom. The van der Waals surface area contributed by atoms with E-state index in [4.69, 9.17) is 0 Å². The number of para-hydroxylation sites is 2. The fourth-order valence-corrected chi connectivity index (χ4v) is 2.56. The van der Waals surface area contributed by atoms with Crippen LogP contribution in [0.1, 0.15) is 26.2 Å². The van der Waals surface area contributed by atoms with Gasteiger partial charge in [-0.3, -0.25) is 13.9 Å². The Hall–Kier alpha value is -1.84. The van der Waals surface area contributed by atoms with Crippen LogP contribution in [0.4, 0.5) is 0 Å². The molecule has 0 radical (unpaired) electrons. The molecule has 0 amide bonds. The van der Waals surface area contributed by atoms with Crippen LogP contribution >= 0.6 is 0 Å². The van der Waals surface area contributed by atoms with Gasteiger partial charge in [-0.05, 0) is 31.4 Å². The first-order valence-electron chi connectivity index (χ1n) is 6.93. The molecule has 1 heterocycles. The van der Waals surface area contributed by atoms with Crippen molar-refractivity contribution in [3.8, 4) is 0 Å². The summed E-state index contributed by atoms with van der Waals surface area (Å²) in [7, 11) is 0. The quantitative estimate of drug-likeness (QED) is 0.825. The molecular weight excluding hydrogens is 240 g/mol. The first kappa shape index (κ1) is 12.2. The third-order valence-electron chi connectivity index (χ3n) is 3.72. The van der Waals surface area contributed by atoms with Gasteiger partial charge < -0.3 is 0 Å². The SMILES string of the molecule is CCCn1c(=O)n(CC(=O)C2CC2)c2ccccc21. The molecule has 3 rings (SSSR count). The smallest absolute Gasteiger partial charge is 0.297 e. The number of benzene rings is 1. The molecule has 1 fully saturated rings. The minimum atomic E-state index is -0.0583. The molecule has 1 saturated carbocycles. The topological polar surface area (TPSA) is 44.0 Å². The number of carbonyl (C=O) groups is 1. The summed E-state index contributed by atoms with van der Waals surface area (Å²) in [6.45, 7) is 2.97. The molecule has 1 aliphatic carbocycles. The van der Waals surface area contributed by atoms with Crippen molar-refractivity contribution in [3.05, 3.63) is 34.7 Å². The molecule has 1 aliphatic rings. The lowest BCUT2D eigenvalue weighted by atomic mass is 10.2. The molecule has 0 aliphatic heterocycles. The molecule has 19 heavy (non-hydrogen) atoms. The number of hydrogen-bond donors (Lipinski definition) is 0. The fourth-order valence-electron chi connectivity index (χ4n) is 2.56. The number of nitrogens with zero attached hydrogens (tertiary/aromatic N) is 2. The lowest BCUT2D eigenvalue weighted by Gasteiger charge is -2.01. The van der Waals surface area contributed by atoms with Gasteiger partial charge in [-0.1, -0.05) is 19.1 Å². The monoisotopic (exact) mass is 258 g/mol.